The number of nitrogens with one attached hydrogen (secondary N) is 1. The molecule has 3 rings (SSSR count). The second-order valence-corrected chi connectivity index (χ2v) is 7.48. The van der Waals surface area contributed by atoms with Crippen LogP contribution in [0.1, 0.15) is 25.6 Å². The standard InChI is InChI=1S/C22H20F2N2O4S/c1-26(13-14-5-10-17(30-22(23)24)18(12-14)29-2)21(28)15-6-8-16(9-7-15)25-20(27)19-4-3-11-31-19/h3-12,22H,13H2,1-2H3,(H,25,27). The average molecular weight is 446 g/mol. The topological polar surface area (TPSA) is 67.9 Å². The lowest BCUT2D eigenvalue weighted by Crippen LogP contribution is -2.26. The van der Waals surface area contributed by atoms with E-state index in [0.29, 0.717) is 21.7 Å². The fourth-order valence-corrected chi connectivity index (χ4v) is 3.49. The van der Waals surface area contributed by atoms with Crippen LogP contribution in [-0.2, 0) is 6.54 Å². The minimum Gasteiger partial charge on any atom is -0.493 e. The fourth-order valence-electron chi connectivity index (χ4n) is 2.87. The van der Waals surface area contributed by atoms with Crippen molar-refractivity contribution in [1.29, 1.82) is 0 Å². The number of ether oxygens (including phenoxy) is 2. The lowest BCUT2D eigenvalue weighted by molar-refractivity contribution is -0.0512. The monoisotopic (exact) mass is 446 g/mol. The number of hydrogen-bond donors (Lipinski definition) is 1. The van der Waals surface area contributed by atoms with Crippen LogP contribution >= 0.6 is 11.3 Å². The molecular formula is C22H20F2N2O4S. The third-order valence-electron chi connectivity index (χ3n) is 4.35. The molecule has 1 N–H and O–H groups in total. The first-order chi connectivity index (χ1) is 14.9. The second kappa shape index (κ2) is 10.0. The number of alkyl halides is 2. The Morgan fingerprint density at radius 3 is 2.45 bits per heavy atom. The number of benzene rings is 2. The van der Waals surface area contributed by atoms with Gasteiger partial charge in [0.2, 0.25) is 0 Å². The van der Waals surface area contributed by atoms with E-state index in [9.17, 15) is 18.4 Å². The molecule has 0 aliphatic rings. The van der Waals surface area contributed by atoms with Crippen LogP contribution < -0.4 is 14.8 Å². The summed E-state index contributed by atoms with van der Waals surface area (Å²) in [7, 11) is 2.98. The quantitative estimate of drug-likeness (QED) is 0.535. The second-order valence-electron chi connectivity index (χ2n) is 6.53. The summed E-state index contributed by atoms with van der Waals surface area (Å²) in [5, 5.41) is 4.60. The van der Waals surface area contributed by atoms with Crippen LogP contribution in [0, 0.1) is 0 Å². The Balaban J connectivity index is 1.64. The van der Waals surface area contributed by atoms with Gasteiger partial charge in [0.15, 0.2) is 11.5 Å². The Hall–Kier alpha value is -3.46. The van der Waals surface area contributed by atoms with E-state index in [-0.39, 0.29) is 29.9 Å². The molecule has 0 atom stereocenters. The molecule has 0 fully saturated rings. The molecule has 1 aromatic heterocycles. The van der Waals surface area contributed by atoms with E-state index in [1.54, 1.807) is 55.6 Å². The maximum atomic E-state index is 12.7. The van der Waals surface area contributed by atoms with Gasteiger partial charge in [0.05, 0.1) is 12.0 Å². The number of thiophene rings is 1. The van der Waals surface area contributed by atoms with Gasteiger partial charge in [-0.15, -0.1) is 11.3 Å². The Morgan fingerprint density at radius 1 is 1.10 bits per heavy atom. The molecule has 3 aromatic rings. The SMILES string of the molecule is COc1cc(CN(C)C(=O)c2ccc(NC(=O)c3cccs3)cc2)ccc1OC(F)F. The van der Waals surface area contributed by atoms with Crippen molar-refractivity contribution < 1.29 is 27.8 Å². The molecule has 0 saturated heterocycles. The van der Waals surface area contributed by atoms with Crippen molar-refractivity contribution in [2.24, 2.45) is 0 Å². The maximum Gasteiger partial charge on any atom is 0.387 e. The maximum absolute atomic E-state index is 12.7. The van der Waals surface area contributed by atoms with Gasteiger partial charge in [-0.05, 0) is 53.4 Å². The van der Waals surface area contributed by atoms with Gasteiger partial charge in [-0.2, -0.15) is 8.78 Å². The predicted molar refractivity (Wildman–Crippen MR) is 114 cm³/mol. The zero-order valence-electron chi connectivity index (χ0n) is 16.8. The van der Waals surface area contributed by atoms with E-state index >= 15 is 0 Å². The summed E-state index contributed by atoms with van der Waals surface area (Å²) in [6, 6.07) is 14.6. The van der Waals surface area contributed by atoms with E-state index < -0.39 is 6.61 Å². The molecule has 2 aromatic carbocycles. The summed E-state index contributed by atoms with van der Waals surface area (Å²) in [4.78, 5) is 26.9. The number of carbonyl (C=O) groups excluding carboxylic acids is 2. The number of hydrogen-bond acceptors (Lipinski definition) is 5. The largest absolute Gasteiger partial charge is 0.493 e. The molecule has 1 heterocycles. The van der Waals surface area contributed by atoms with Gasteiger partial charge in [-0.3, -0.25) is 9.59 Å². The highest BCUT2D eigenvalue weighted by Crippen LogP contribution is 2.30. The van der Waals surface area contributed by atoms with Crippen molar-refractivity contribution in [3.63, 3.8) is 0 Å². The molecule has 2 amide bonds. The Labute approximate surface area is 182 Å². The minimum atomic E-state index is -2.96. The number of rotatable bonds is 8. The summed E-state index contributed by atoms with van der Waals surface area (Å²) in [6.45, 7) is -2.72. The number of amides is 2. The molecule has 0 aliphatic heterocycles. The molecule has 0 radical (unpaired) electrons. The van der Waals surface area contributed by atoms with Crippen LogP contribution in [0.4, 0.5) is 14.5 Å². The zero-order valence-corrected chi connectivity index (χ0v) is 17.6. The molecule has 9 heteroatoms. The third-order valence-corrected chi connectivity index (χ3v) is 5.21. The van der Waals surface area contributed by atoms with Gasteiger partial charge in [0.25, 0.3) is 11.8 Å². The molecule has 0 unspecified atom stereocenters. The molecule has 31 heavy (non-hydrogen) atoms. The summed E-state index contributed by atoms with van der Waals surface area (Å²) in [5.74, 6) is -0.359. The number of methoxy groups -OCH3 is 1. The number of anilines is 1. The molecule has 0 saturated carbocycles. The van der Waals surface area contributed by atoms with Crippen LogP contribution in [0.3, 0.4) is 0 Å². The van der Waals surface area contributed by atoms with E-state index in [1.165, 1.54) is 29.4 Å². The number of halogens is 2. The van der Waals surface area contributed by atoms with E-state index in [4.69, 9.17) is 4.74 Å². The summed E-state index contributed by atoms with van der Waals surface area (Å²) < 4.78 is 34.4. The highest BCUT2D eigenvalue weighted by atomic mass is 32.1. The molecular weight excluding hydrogens is 426 g/mol. The van der Waals surface area contributed by atoms with Gasteiger partial charge in [-0.1, -0.05) is 12.1 Å². The lowest BCUT2D eigenvalue weighted by Gasteiger charge is -2.19. The number of carbonyl (C=O) groups is 2. The average Bonchev–Trinajstić information content (AvgIpc) is 3.29. The molecule has 0 bridgehead atoms. The van der Waals surface area contributed by atoms with Crippen LogP contribution in [0.2, 0.25) is 0 Å². The summed E-state index contributed by atoms with van der Waals surface area (Å²) >= 11 is 1.34. The van der Waals surface area contributed by atoms with Crippen molar-refractivity contribution in [1.82, 2.24) is 4.90 Å². The summed E-state index contributed by atoms with van der Waals surface area (Å²) in [6.07, 6.45) is 0. The lowest BCUT2D eigenvalue weighted by atomic mass is 10.1. The third kappa shape index (κ3) is 5.79. The highest BCUT2D eigenvalue weighted by molar-refractivity contribution is 7.12. The van der Waals surface area contributed by atoms with Gasteiger partial charge in [0, 0.05) is 24.8 Å². The first-order valence-electron chi connectivity index (χ1n) is 9.19. The first kappa shape index (κ1) is 22.2. The van der Waals surface area contributed by atoms with Crippen molar-refractivity contribution >= 4 is 28.8 Å². The number of nitrogens with zero attached hydrogens (tertiary/aromatic N) is 1. The van der Waals surface area contributed by atoms with Crippen LogP contribution in [0.25, 0.3) is 0 Å². The molecule has 6 nitrogen and oxygen atoms in total. The smallest absolute Gasteiger partial charge is 0.387 e. The molecule has 0 aliphatic carbocycles. The fraction of sp³-hybridized carbons (Fsp3) is 0.182. The first-order valence-corrected chi connectivity index (χ1v) is 10.1. The van der Waals surface area contributed by atoms with E-state index in [0.717, 1.165) is 0 Å². The van der Waals surface area contributed by atoms with Gasteiger partial charge in [0.1, 0.15) is 0 Å². The predicted octanol–water partition coefficient (Wildman–Crippen LogP) is 4.88. The van der Waals surface area contributed by atoms with Crippen LogP contribution in [-0.4, -0.2) is 37.5 Å². The van der Waals surface area contributed by atoms with E-state index in [1.807, 2.05) is 5.38 Å². The van der Waals surface area contributed by atoms with E-state index in [2.05, 4.69) is 10.1 Å². The van der Waals surface area contributed by atoms with Crippen LogP contribution in [0.5, 0.6) is 11.5 Å². The van der Waals surface area contributed by atoms with Crippen molar-refractivity contribution in [2.45, 2.75) is 13.2 Å². The van der Waals surface area contributed by atoms with Crippen molar-refractivity contribution in [3.05, 3.63) is 76.0 Å². The molecule has 0 spiro atoms. The normalized spacial score (nSPS) is 10.6. The zero-order chi connectivity index (χ0) is 22.4. The van der Waals surface area contributed by atoms with Crippen LogP contribution in [0.15, 0.2) is 60.0 Å². The summed E-state index contributed by atoms with van der Waals surface area (Å²) in [5.41, 5.74) is 1.72. The van der Waals surface area contributed by atoms with Crippen molar-refractivity contribution in [2.75, 3.05) is 19.5 Å². The minimum absolute atomic E-state index is 0.0737. The van der Waals surface area contributed by atoms with Crippen molar-refractivity contribution in [3.8, 4) is 11.5 Å². The van der Waals surface area contributed by atoms with Gasteiger partial charge < -0.3 is 19.7 Å². The Kier molecular flexibility index (Phi) is 7.19. The van der Waals surface area contributed by atoms with Gasteiger partial charge in [-0.25, -0.2) is 0 Å². The molecule has 162 valence electrons. The Bertz CT molecular complexity index is 1040. The van der Waals surface area contributed by atoms with Gasteiger partial charge >= 0.3 is 6.61 Å². The highest BCUT2D eigenvalue weighted by Gasteiger charge is 2.15. The Morgan fingerprint density at radius 2 is 1.84 bits per heavy atom.